The molecule has 1 unspecified atom stereocenters. The highest BCUT2D eigenvalue weighted by molar-refractivity contribution is 6.35. The van der Waals surface area contributed by atoms with Crippen molar-refractivity contribution in [3.05, 3.63) is 75.6 Å². The van der Waals surface area contributed by atoms with E-state index >= 15 is 0 Å². The lowest BCUT2D eigenvalue weighted by molar-refractivity contribution is 0.252. The Bertz CT molecular complexity index is 1600. The molecule has 0 bridgehead atoms. The Morgan fingerprint density at radius 3 is 2.76 bits per heavy atom. The monoisotopic (exact) mass is 517 g/mol. The molecule has 0 aliphatic carbocycles. The number of rotatable bonds is 6. The number of nitrogens with zero attached hydrogens (tertiary/aromatic N) is 6. The smallest absolute Gasteiger partial charge is 0.319 e. The number of hydrogen-bond acceptors (Lipinski definition) is 8. The van der Waals surface area contributed by atoms with E-state index in [1.165, 1.54) is 10.9 Å². The fourth-order valence-corrected chi connectivity index (χ4v) is 4.17. The van der Waals surface area contributed by atoms with E-state index in [0.717, 1.165) is 0 Å². The van der Waals surface area contributed by atoms with Crippen LogP contribution in [0.15, 0.2) is 53.6 Å². The molecular weight excluding hydrogens is 494 g/mol. The quantitative estimate of drug-likeness (QED) is 0.350. The Morgan fingerprint density at radius 1 is 1.27 bits per heavy atom. The van der Waals surface area contributed by atoms with Crippen molar-refractivity contribution >= 4 is 45.9 Å². The van der Waals surface area contributed by atoms with Gasteiger partial charge in [-0.3, -0.25) is 9.36 Å². The largest absolute Gasteiger partial charge is 0.382 e. The summed E-state index contributed by atoms with van der Waals surface area (Å²) >= 11 is 6.41. The molecule has 2 heterocycles. The molecule has 4 rings (SSSR count). The van der Waals surface area contributed by atoms with Crippen molar-refractivity contribution in [2.24, 2.45) is 0 Å². The molecule has 4 N–H and O–H groups in total. The SMILES string of the molecule is CCNC(=O)Nc1cccc(-n2c(C(C)N(C)c3ncnc(N)c3C#N)nc3cccc(Cl)c3c2=O)c1. The van der Waals surface area contributed by atoms with Crippen LogP contribution in [-0.2, 0) is 0 Å². The molecule has 4 aromatic rings. The van der Waals surface area contributed by atoms with Crippen LogP contribution >= 0.6 is 11.6 Å². The summed E-state index contributed by atoms with van der Waals surface area (Å²) in [6.45, 7) is 4.10. The molecule has 11 nitrogen and oxygen atoms in total. The fourth-order valence-electron chi connectivity index (χ4n) is 3.92. The molecule has 2 aromatic heterocycles. The number of hydrogen-bond donors (Lipinski definition) is 3. The number of fused-ring (bicyclic) bond motifs is 1. The first-order chi connectivity index (χ1) is 17.8. The van der Waals surface area contributed by atoms with E-state index in [1.807, 2.05) is 19.9 Å². The molecule has 0 radical (unpaired) electrons. The van der Waals surface area contributed by atoms with Gasteiger partial charge in [-0.05, 0) is 44.2 Å². The van der Waals surface area contributed by atoms with Crippen molar-refractivity contribution in [2.45, 2.75) is 19.9 Å². The molecule has 0 saturated heterocycles. The molecule has 2 amide bonds. The van der Waals surface area contributed by atoms with E-state index in [0.29, 0.717) is 35.1 Å². The Labute approximate surface area is 217 Å². The molecule has 0 aliphatic rings. The summed E-state index contributed by atoms with van der Waals surface area (Å²) in [5, 5.41) is 15.6. The molecule has 188 valence electrons. The third-order valence-electron chi connectivity index (χ3n) is 5.83. The average Bonchev–Trinajstić information content (AvgIpc) is 2.87. The third-order valence-corrected chi connectivity index (χ3v) is 6.14. The number of amides is 2. The molecule has 0 aliphatic heterocycles. The predicted octanol–water partition coefficient (Wildman–Crippen LogP) is 3.62. The third kappa shape index (κ3) is 4.87. The molecular formula is C25H24ClN9O2. The van der Waals surface area contributed by atoms with Gasteiger partial charge in [0.1, 0.15) is 29.6 Å². The van der Waals surface area contributed by atoms with Crippen LogP contribution in [0.25, 0.3) is 16.6 Å². The molecule has 2 aromatic carbocycles. The average molecular weight is 518 g/mol. The first kappa shape index (κ1) is 25.4. The number of anilines is 3. The number of halogens is 1. The van der Waals surface area contributed by atoms with Crippen molar-refractivity contribution in [3.63, 3.8) is 0 Å². The number of carbonyl (C=O) groups excluding carboxylic acids is 1. The number of benzene rings is 2. The van der Waals surface area contributed by atoms with Crippen LogP contribution in [0.2, 0.25) is 5.02 Å². The molecule has 1 atom stereocenters. The van der Waals surface area contributed by atoms with Gasteiger partial charge in [0.25, 0.3) is 5.56 Å². The zero-order chi connectivity index (χ0) is 26.7. The van der Waals surface area contributed by atoms with Crippen molar-refractivity contribution in [1.82, 2.24) is 24.8 Å². The number of nitrogen functional groups attached to an aromatic ring is 1. The highest BCUT2D eigenvalue weighted by Crippen LogP contribution is 2.30. The Kier molecular flexibility index (Phi) is 7.22. The number of carbonyl (C=O) groups is 1. The number of urea groups is 1. The van der Waals surface area contributed by atoms with Crippen molar-refractivity contribution in [2.75, 3.05) is 29.5 Å². The van der Waals surface area contributed by atoms with Crippen molar-refractivity contribution < 1.29 is 4.79 Å². The van der Waals surface area contributed by atoms with Gasteiger partial charge in [0, 0.05) is 19.3 Å². The topological polar surface area (TPSA) is 155 Å². The van der Waals surface area contributed by atoms with Gasteiger partial charge in [-0.1, -0.05) is 23.7 Å². The van der Waals surface area contributed by atoms with E-state index in [2.05, 4.69) is 20.6 Å². The summed E-state index contributed by atoms with van der Waals surface area (Å²) < 4.78 is 1.44. The minimum Gasteiger partial charge on any atom is -0.382 e. The molecule has 37 heavy (non-hydrogen) atoms. The van der Waals surface area contributed by atoms with Gasteiger partial charge in [-0.25, -0.2) is 19.7 Å². The van der Waals surface area contributed by atoms with E-state index < -0.39 is 6.04 Å². The number of nitrogens with two attached hydrogens (primary N) is 1. The summed E-state index contributed by atoms with van der Waals surface area (Å²) in [6.07, 6.45) is 1.27. The highest BCUT2D eigenvalue weighted by Gasteiger charge is 2.25. The number of nitrogens with one attached hydrogen (secondary N) is 2. The maximum Gasteiger partial charge on any atom is 0.319 e. The summed E-state index contributed by atoms with van der Waals surface area (Å²) in [5.41, 5.74) is 6.99. The summed E-state index contributed by atoms with van der Waals surface area (Å²) in [5.74, 6) is 0.700. The maximum atomic E-state index is 13.9. The van der Waals surface area contributed by atoms with Gasteiger partial charge in [-0.2, -0.15) is 5.26 Å². The second-order valence-corrected chi connectivity index (χ2v) is 8.54. The summed E-state index contributed by atoms with van der Waals surface area (Å²) in [4.78, 5) is 40.6. The number of aromatic nitrogens is 4. The van der Waals surface area contributed by atoms with Crippen LogP contribution in [0, 0.1) is 11.3 Å². The standard InChI is InChI=1S/C25H24ClN9O2/c1-4-29-25(37)32-15-7-5-8-16(11-15)35-22(33-19-10-6-9-18(26)20(19)24(35)36)14(2)34(3)23-17(12-27)21(28)30-13-31-23/h5-11,13-14H,4H2,1-3H3,(H2,28,30,31)(H2,29,32,37). The van der Waals surface area contributed by atoms with Crippen LogP contribution in [0.5, 0.6) is 0 Å². The van der Waals surface area contributed by atoms with Crippen molar-refractivity contribution in [3.8, 4) is 11.8 Å². The van der Waals surface area contributed by atoms with Crippen LogP contribution in [0.3, 0.4) is 0 Å². The van der Waals surface area contributed by atoms with E-state index in [1.54, 1.807) is 54.4 Å². The van der Waals surface area contributed by atoms with Gasteiger partial charge in [-0.15, -0.1) is 0 Å². The predicted molar refractivity (Wildman–Crippen MR) is 143 cm³/mol. The Hall–Kier alpha value is -4.69. The Balaban J connectivity index is 1.93. The zero-order valence-corrected chi connectivity index (χ0v) is 21.1. The van der Waals surface area contributed by atoms with Crippen LogP contribution in [0.4, 0.5) is 22.1 Å². The van der Waals surface area contributed by atoms with E-state index in [9.17, 15) is 14.9 Å². The van der Waals surface area contributed by atoms with E-state index in [4.69, 9.17) is 22.3 Å². The lowest BCUT2D eigenvalue weighted by Crippen LogP contribution is -2.32. The minimum absolute atomic E-state index is 0.0475. The lowest BCUT2D eigenvalue weighted by Gasteiger charge is -2.28. The minimum atomic E-state index is -0.558. The van der Waals surface area contributed by atoms with Gasteiger partial charge < -0.3 is 21.3 Å². The fraction of sp³-hybridized carbons (Fsp3) is 0.200. The Morgan fingerprint density at radius 2 is 2.03 bits per heavy atom. The molecule has 0 saturated carbocycles. The van der Waals surface area contributed by atoms with Crippen molar-refractivity contribution in [1.29, 1.82) is 5.26 Å². The highest BCUT2D eigenvalue weighted by atomic mass is 35.5. The number of nitriles is 1. The van der Waals surface area contributed by atoms with Crippen LogP contribution in [0.1, 0.15) is 31.3 Å². The zero-order valence-electron chi connectivity index (χ0n) is 20.4. The van der Waals surface area contributed by atoms with Gasteiger partial charge in [0.05, 0.1) is 27.7 Å². The lowest BCUT2D eigenvalue weighted by atomic mass is 10.1. The second kappa shape index (κ2) is 10.5. The second-order valence-electron chi connectivity index (χ2n) is 8.14. The normalized spacial score (nSPS) is 11.5. The molecule has 0 fully saturated rings. The summed E-state index contributed by atoms with van der Waals surface area (Å²) in [7, 11) is 1.72. The van der Waals surface area contributed by atoms with Crippen LogP contribution < -0.4 is 26.8 Å². The van der Waals surface area contributed by atoms with Crippen LogP contribution in [-0.4, -0.2) is 39.1 Å². The van der Waals surface area contributed by atoms with Gasteiger partial charge in [0.2, 0.25) is 0 Å². The first-order valence-corrected chi connectivity index (χ1v) is 11.7. The maximum absolute atomic E-state index is 13.9. The summed E-state index contributed by atoms with van der Waals surface area (Å²) in [6, 6.07) is 13.0. The molecule has 0 spiro atoms. The first-order valence-electron chi connectivity index (χ1n) is 11.4. The van der Waals surface area contributed by atoms with Gasteiger partial charge in [0.15, 0.2) is 5.82 Å². The molecule has 12 heteroatoms. The van der Waals surface area contributed by atoms with E-state index in [-0.39, 0.29) is 33.4 Å². The van der Waals surface area contributed by atoms with Gasteiger partial charge >= 0.3 is 6.03 Å².